The summed E-state index contributed by atoms with van der Waals surface area (Å²) in [4.78, 5) is 4.59. The maximum absolute atomic E-state index is 13.4. The number of rotatable bonds is 5. The van der Waals surface area contributed by atoms with Crippen molar-refractivity contribution in [3.63, 3.8) is 0 Å². The Morgan fingerprint density at radius 1 is 0.870 bits per heavy atom. The Hall–Kier alpha value is -2.64. The fourth-order valence-corrected chi connectivity index (χ4v) is 1.67. The molecule has 0 aliphatic rings. The summed E-state index contributed by atoms with van der Waals surface area (Å²) in [6, 6.07) is 6.55. The highest BCUT2D eigenvalue weighted by molar-refractivity contribution is 5.79. The number of hydrogen-bond donors (Lipinski definition) is 0. The van der Waals surface area contributed by atoms with E-state index in [0.717, 1.165) is 0 Å². The van der Waals surface area contributed by atoms with Crippen molar-refractivity contribution in [2.45, 2.75) is 6.61 Å². The molecule has 0 spiro atoms. The third-order valence-electron chi connectivity index (χ3n) is 2.90. The van der Waals surface area contributed by atoms with Crippen LogP contribution < -0.4 is 4.74 Å². The van der Waals surface area contributed by atoms with Crippen molar-refractivity contribution in [2.75, 3.05) is 7.11 Å². The van der Waals surface area contributed by atoms with Crippen molar-refractivity contribution >= 4 is 6.21 Å². The van der Waals surface area contributed by atoms with E-state index < -0.39 is 41.3 Å². The molecular weight excluding hydrogens is 321 g/mol. The molecule has 0 radical (unpaired) electrons. The number of oxime groups is 1. The van der Waals surface area contributed by atoms with E-state index >= 15 is 0 Å². The number of ether oxygens (including phenoxy) is 1. The van der Waals surface area contributed by atoms with Crippen molar-refractivity contribution in [3.05, 3.63) is 64.5 Å². The van der Waals surface area contributed by atoms with Crippen molar-refractivity contribution in [2.24, 2.45) is 5.16 Å². The third kappa shape index (κ3) is 3.58. The second-order valence-electron chi connectivity index (χ2n) is 4.33. The third-order valence-corrected chi connectivity index (χ3v) is 2.90. The fourth-order valence-electron chi connectivity index (χ4n) is 1.67. The van der Waals surface area contributed by atoms with Gasteiger partial charge >= 0.3 is 0 Å². The Balaban J connectivity index is 2.08. The van der Waals surface area contributed by atoms with Gasteiger partial charge in [-0.3, -0.25) is 0 Å². The van der Waals surface area contributed by atoms with Crippen LogP contribution in [0.2, 0.25) is 0 Å². The Morgan fingerprint density at radius 3 is 1.91 bits per heavy atom. The maximum atomic E-state index is 13.4. The van der Waals surface area contributed by atoms with Gasteiger partial charge in [0.2, 0.25) is 5.82 Å². The van der Waals surface area contributed by atoms with Gasteiger partial charge in [-0.1, -0.05) is 5.16 Å². The lowest BCUT2D eigenvalue weighted by Crippen LogP contribution is -2.07. The summed E-state index contributed by atoms with van der Waals surface area (Å²) < 4.78 is 70.5. The molecule has 122 valence electrons. The van der Waals surface area contributed by atoms with Crippen LogP contribution in [0.4, 0.5) is 22.0 Å². The highest BCUT2D eigenvalue weighted by atomic mass is 19.2. The first kappa shape index (κ1) is 16.7. The minimum atomic E-state index is -2.22. The van der Waals surface area contributed by atoms with Gasteiger partial charge in [0.1, 0.15) is 12.4 Å². The average Bonchev–Trinajstić information content (AvgIpc) is 2.58. The normalized spacial score (nSPS) is 11.0. The first-order valence-corrected chi connectivity index (χ1v) is 6.25. The first-order valence-electron chi connectivity index (χ1n) is 6.25. The van der Waals surface area contributed by atoms with Crippen LogP contribution in [0.25, 0.3) is 0 Å². The predicted molar refractivity (Wildman–Crippen MR) is 71.6 cm³/mol. The van der Waals surface area contributed by atoms with Crippen LogP contribution in [-0.2, 0) is 11.4 Å². The molecule has 0 saturated heterocycles. The average molecular weight is 331 g/mol. The molecule has 0 fully saturated rings. The van der Waals surface area contributed by atoms with Crippen LogP contribution in [0.3, 0.4) is 0 Å². The summed E-state index contributed by atoms with van der Waals surface area (Å²) >= 11 is 0. The van der Waals surface area contributed by atoms with Crippen molar-refractivity contribution in [1.82, 2.24) is 0 Å². The highest BCUT2D eigenvalue weighted by Gasteiger charge is 2.25. The molecule has 8 heteroatoms. The van der Waals surface area contributed by atoms with Crippen LogP contribution in [-0.4, -0.2) is 13.3 Å². The van der Waals surface area contributed by atoms with Crippen LogP contribution in [0.15, 0.2) is 29.4 Å². The van der Waals surface area contributed by atoms with Gasteiger partial charge in [0.15, 0.2) is 23.3 Å². The molecule has 0 aliphatic carbocycles. The molecule has 2 rings (SSSR count). The minimum Gasteiger partial charge on any atom is -0.497 e. The van der Waals surface area contributed by atoms with E-state index in [4.69, 9.17) is 4.74 Å². The highest BCUT2D eigenvalue weighted by Crippen LogP contribution is 2.23. The summed E-state index contributed by atoms with van der Waals surface area (Å²) in [6.45, 7) is -0.904. The lowest BCUT2D eigenvalue weighted by molar-refractivity contribution is 0.124. The Kier molecular flexibility index (Phi) is 5.15. The van der Waals surface area contributed by atoms with Crippen molar-refractivity contribution in [1.29, 1.82) is 0 Å². The molecular formula is C15H10F5NO2. The van der Waals surface area contributed by atoms with E-state index in [-0.39, 0.29) is 0 Å². The molecule has 2 aromatic rings. The quantitative estimate of drug-likeness (QED) is 0.273. The molecule has 2 aromatic carbocycles. The van der Waals surface area contributed by atoms with Crippen LogP contribution in [0.1, 0.15) is 11.1 Å². The summed E-state index contributed by atoms with van der Waals surface area (Å²) in [6.07, 6.45) is 1.21. The molecule has 3 nitrogen and oxygen atoms in total. The van der Waals surface area contributed by atoms with E-state index in [1.807, 2.05) is 0 Å². The molecule has 0 saturated carbocycles. The number of benzene rings is 2. The fraction of sp³-hybridized carbons (Fsp3) is 0.133. The topological polar surface area (TPSA) is 30.8 Å². The van der Waals surface area contributed by atoms with E-state index in [2.05, 4.69) is 9.99 Å². The van der Waals surface area contributed by atoms with E-state index in [0.29, 0.717) is 11.3 Å². The van der Waals surface area contributed by atoms with Gasteiger partial charge in [0, 0.05) is 0 Å². The minimum absolute atomic E-state index is 0.586. The van der Waals surface area contributed by atoms with Gasteiger partial charge < -0.3 is 9.57 Å². The molecule has 0 atom stereocenters. The van der Waals surface area contributed by atoms with Gasteiger partial charge in [-0.2, -0.15) is 0 Å². The van der Waals surface area contributed by atoms with E-state index in [1.54, 1.807) is 24.3 Å². The van der Waals surface area contributed by atoms with E-state index in [9.17, 15) is 22.0 Å². The van der Waals surface area contributed by atoms with Crippen LogP contribution >= 0.6 is 0 Å². The maximum Gasteiger partial charge on any atom is 0.200 e. The van der Waals surface area contributed by atoms with Gasteiger partial charge in [-0.05, 0) is 29.8 Å². The molecule has 23 heavy (non-hydrogen) atoms. The lowest BCUT2D eigenvalue weighted by Gasteiger charge is -2.06. The van der Waals surface area contributed by atoms with Gasteiger partial charge in [-0.15, -0.1) is 0 Å². The smallest absolute Gasteiger partial charge is 0.200 e. The molecule has 0 heterocycles. The Labute approximate surface area is 127 Å². The Bertz CT molecular complexity index is 703. The summed E-state index contributed by atoms with van der Waals surface area (Å²) in [5.74, 6) is -9.54. The molecule has 0 N–H and O–H groups in total. The summed E-state index contributed by atoms with van der Waals surface area (Å²) in [7, 11) is 1.50. The zero-order valence-electron chi connectivity index (χ0n) is 11.7. The molecule has 0 aromatic heterocycles. The first-order chi connectivity index (χ1) is 11.0. The second-order valence-corrected chi connectivity index (χ2v) is 4.33. The largest absolute Gasteiger partial charge is 0.497 e. The Morgan fingerprint density at radius 2 is 1.39 bits per heavy atom. The van der Waals surface area contributed by atoms with E-state index in [1.165, 1.54) is 13.3 Å². The lowest BCUT2D eigenvalue weighted by atomic mass is 10.2. The van der Waals surface area contributed by atoms with Crippen molar-refractivity contribution in [3.8, 4) is 5.75 Å². The summed E-state index contributed by atoms with van der Waals surface area (Å²) in [5, 5.41) is 3.42. The zero-order valence-corrected chi connectivity index (χ0v) is 11.7. The van der Waals surface area contributed by atoms with Gasteiger partial charge in [0.25, 0.3) is 0 Å². The van der Waals surface area contributed by atoms with Crippen LogP contribution in [0, 0.1) is 29.1 Å². The predicted octanol–water partition coefficient (Wildman–Crippen LogP) is 3.94. The number of nitrogens with zero attached hydrogens (tertiary/aromatic N) is 1. The van der Waals surface area contributed by atoms with Crippen molar-refractivity contribution < 1.29 is 31.5 Å². The monoisotopic (exact) mass is 331 g/mol. The standard InChI is InChI=1S/C15H10F5NO2/c1-22-9-4-2-8(3-5-9)6-21-23-7-10-11(16)13(18)15(20)14(19)12(10)17/h2-6H,7H2,1H3. The summed E-state index contributed by atoms with van der Waals surface area (Å²) in [5.41, 5.74) is -0.503. The molecule has 0 aliphatic heterocycles. The van der Waals surface area contributed by atoms with Gasteiger partial charge in [-0.25, -0.2) is 22.0 Å². The zero-order chi connectivity index (χ0) is 17.0. The molecule has 0 amide bonds. The van der Waals surface area contributed by atoms with Gasteiger partial charge in [0.05, 0.1) is 18.9 Å². The number of halogens is 5. The SMILES string of the molecule is COc1ccc(C=NOCc2c(F)c(F)c(F)c(F)c2F)cc1. The molecule has 0 bridgehead atoms. The van der Waals surface area contributed by atoms with Crippen LogP contribution in [0.5, 0.6) is 5.75 Å². The second kappa shape index (κ2) is 7.08. The molecule has 0 unspecified atom stereocenters. The number of methoxy groups -OCH3 is 1. The number of hydrogen-bond acceptors (Lipinski definition) is 3.